The first-order valence-corrected chi connectivity index (χ1v) is 11.3. The second-order valence-corrected chi connectivity index (χ2v) is 8.39. The lowest BCUT2D eigenvalue weighted by atomic mass is 9.86. The molecule has 1 unspecified atom stereocenters. The number of hydrogen-bond acceptors (Lipinski definition) is 3. The van der Waals surface area contributed by atoms with Crippen LogP contribution < -0.4 is 0 Å². The van der Waals surface area contributed by atoms with Gasteiger partial charge in [-0.15, -0.1) is 0 Å². The fourth-order valence-electron chi connectivity index (χ4n) is 4.16. The van der Waals surface area contributed by atoms with Crippen LogP contribution in [0.3, 0.4) is 0 Å². The first-order valence-electron chi connectivity index (χ1n) is 11.3. The topological polar surface area (TPSA) is 39.4 Å². The van der Waals surface area contributed by atoms with E-state index in [0.717, 1.165) is 47.4 Å². The van der Waals surface area contributed by atoms with E-state index in [4.69, 9.17) is 13.3 Å². The maximum atomic E-state index is 6.06. The van der Waals surface area contributed by atoms with Gasteiger partial charge in [0, 0.05) is 5.92 Å². The molecule has 0 bridgehead atoms. The summed E-state index contributed by atoms with van der Waals surface area (Å²) >= 11 is 0. The van der Waals surface area contributed by atoms with E-state index in [1.54, 1.807) is 0 Å². The van der Waals surface area contributed by atoms with Crippen LogP contribution in [0.4, 0.5) is 0 Å². The van der Waals surface area contributed by atoms with Crippen molar-refractivity contribution in [3.05, 3.63) is 71.0 Å². The second-order valence-electron chi connectivity index (χ2n) is 8.39. The van der Waals surface area contributed by atoms with Crippen LogP contribution in [-0.4, -0.2) is 0 Å². The molecule has 3 heteroatoms. The van der Waals surface area contributed by atoms with Gasteiger partial charge in [-0.2, -0.15) is 0 Å². The molecule has 0 saturated heterocycles. The second kappa shape index (κ2) is 10.6. The monoisotopic (exact) mass is 396 g/mol. The molecule has 3 aromatic heterocycles. The molecule has 0 radical (unpaired) electrons. The number of aryl methyl sites for hydroxylation is 3. The van der Waals surface area contributed by atoms with Gasteiger partial charge in [0.1, 0.15) is 34.6 Å². The average molecular weight is 397 g/mol. The van der Waals surface area contributed by atoms with E-state index in [0.29, 0.717) is 5.92 Å². The molecule has 29 heavy (non-hydrogen) atoms. The minimum absolute atomic E-state index is 0.105. The van der Waals surface area contributed by atoms with E-state index in [-0.39, 0.29) is 5.92 Å². The van der Waals surface area contributed by atoms with Gasteiger partial charge in [-0.05, 0) is 70.0 Å². The number of unbranched alkanes of at least 4 members (excludes halogenated alkanes) is 5. The van der Waals surface area contributed by atoms with Crippen LogP contribution in [0.15, 0.2) is 49.6 Å². The van der Waals surface area contributed by atoms with Crippen LogP contribution in [0.2, 0.25) is 0 Å². The van der Waals surface area contributed by atoms with E-state index in [9.17, 15) is 0 Å². The van der Waals surface area contributed by atoms with Crippen molar-refractivity contribution in [2.45, 2.75) is 90.9 Å². The van der Waals surface area contributed by atoms with Crippen molar-refractivity contribution in [3.63, 3.8) is 0 Å². The molecule has 0 aliphatic rings. The third-order valence-corrected chi connectivity index (χ3v) is 5.80. The first-order chi connectivity index (χ1) is 14.1. The molecule has 0 aliphatic heterocycles. The van der Waals surface area contributed by atoms with Crippen molar-refractivity contribution >= 4 is 0 Å². The Morgan fingerprint density at radius 3 is 1.59 bits per heavy atom. The Bertz CT molecular complexity index is 811. The number of hydrogen-bond donors (Lipinski definition) is 0. The van der Waals surface area contributed by atoms with Gasteiger partial charge in [0.05, 0.1) is 5.92 Å². The maximum Gasteiger partial charge on any atom is 0.114 e. The van der Waals surface area contributed by atoms with Gasteiger partial charge in [-0.25, -0.2) is 0 Å². The van der Waals surface area contributed by atoms with E-state index >= 15 is 0 Å². The average Bonchev–Trinajstić information content (AvgIpc) is 3.42. The Morgan fingerprint density at radius 2 is 1.10 bits per heavy atom. The highest BCUT2D eigenvalue weighted by Crippen LogP contribution is 2.39. The fourth-order valence-corrected chi connectivity index (χ4v) is 4.16. The molecular formula is C26H36O3. The Balaban J connectivity index is 1.75. The molecule has 3 rings (SSSR count). The SMILES string of the molecule is CCCCCCCCC(CC(c1ccc(C)o1)c1ccc(C)o1)c1ccc(C)o1. The van der Waals surface area contributed by atoms with Crippen LogP contribution in [0.1, 0.15) is 105 Å². The molecule has 0 N–H and O–H groups in total. The van der Waals surface area contributed by atoms with Gasteiger partial charge in [0.15, 0.2) is 0 Å². The quantitative estimate of drug-likeness (QED) is 0.288. The van der Waals surface area contributed by atoms with E-state index in [2.05, 4.69) is 31.2 Å². The normalized spacial score (nSPS) is 12.7. The molecule has 1 atom stereocenters. The summed E-state index contributed by atoms with van der Waals surface area (Å²) in [5, 5.41) is 0. The standard InChI is InChI=1S/C26H36O3/c1-5-6-7-8-9-10-11-22(24-15-12-19(2)27-24)18-23(25-16-13-20(3)28-25)26-17-14-21(4)29-26/h12-17,22-23H,5-11,18H2,1-4H3. The summed E-state index contributed by atoms with van der Waals surface area (Å²) in [6.45, 7) is 8.28. The lowest BCUT2D eigenvalue weighted by molar-refractivity contribution is 0.349. The predicted molar refractivity (Wildman–Crippen MR) is 118 cm³/mol. The highest BCUT2D eigenvalue weighted by Gasteiger charge is 2.27. The highest BCUT2D eigenvalue weighted by atomic mass is 16.4. The van der Waals surface area contributed by atoms with Crippen LogP contribution in [-0.2, 0) is 0 Å². The van der Waals surface area contributed by atoms with Crippen molar-refractivity contribution in [1.29, 1.82) is 0 Å². The van der Waals surface area contributed by atoms with Gasteiger partial charge in [-0.1, -0.05) is 45.4 Å². The minimum Gasteiger partial charge on any atom is -0.466 e. The maximum absolute atomic E-state index is 6.06. The largest absolute Gasteiger partial charge is 0.466 e. The summed E-state index contributed by atoms with van der Waals surface area (Å²) in [7, 11) is 0. The minimum atomic E-state index is 0.105. The number of rotatable bonds is 12. The third kappa shape index (κ3) is 6.16. The summed E-state index contributed by atoms with van der Waals surface area (Å²) in [5.41, 5.74) is 0. The predicted octanol–water partition coefficient (Wildman–Crippen LogP) is 8.45. The van der Waals surface area contributed by atoms with Gasteiger partial charge >= 0.3 is 0 Å². The molecule has 0 spiro atoms. The Hall–Kier alpha value is -2.16. The Labute approximate surface area is 175 Å². The summed E-state index contributed by atoms with van der Waals surface area (Å²) in [6.07, 6.45) is 9.91. The molecule has 3 heterocycles. The van der Waals surface area contributed by atoms with Crippen LogP contribution in [0, 0.1) is 20.8 Å². The number of furan rings is 3. The summed E-state index contributed by atoms with van der Waals surface area (Å²) in [6, 6.07) is 12.5. The fraction of sp³-hybridized carbons (Fsp3) is 0.538. The molecular weight excluding hydrogens is 360 g/mol. The van der Waals surface area contributed by atoms with Crippen LogP contribution >= 0.6 is 0 Å². The van der Waals surface area contributed by atoms with Gasteiger partial charge in [0.2, 0.25) is 0 Å². The summed E-state index contributed by atoms with van der Waals surface area (Å²) in [4.78, 5) is 0. The molecule has 0 fully saturated rings. The van der Waals surface area contributed by atoms with Crippen molar-refractivity contribution in [3.8, 4) is 0 Å². The van der Waals surface area contributed by atoms with Crippen molar-refractivity contribution in [1.82, 2.24) is 0 Å². The molecule has 158 valence electrons. The van der Waals surface area contributed by atoms with Crippen molar-refractivity contribution in [2.24, 2.45) is 0 Å². The lowest BCUT2D eigenvalue weighted by Crippen LogP contribution is -2.07. The molecule has 0 amide bonds. The summed E-state index contributed by atoms with van der Waals surface area (Å²) < 4.78 is 18.1. The van der Waals surface area contributed by atoms with Gasteiger partial charge in [-0.3, -0.25) is 0 Å². The van der Waals surface area contributed by atoms with E-state index in [1.807, 2.05) is 32.9 Å². The molecule has 0 aromatic carbocycles. The van der Waals surface area contributed by atoms with E-state index in [1.165, 1.54) is 38.5 Å². The molecule has 3 aromatic rings. The van der Waals surface area contributed by atoms with Gasteiger partial charge in [0.25, 0.3) is 0 Å². The lowest BCUT2D eigenvalue weighted by Gasteiger charge is -2.20. The van der Waals surface area contributed by atoms with Crippen molar-refractivity contribution in [2.75, 3.05) is 0 Å². The van der Waals surface area contributed by atoms with Crippen LogP contribution in [0.5, 0.6) is 0 Å². The van der Waals surface area contributed by atoms with Crippen LogP contribution in [0.25, 0.3) is 0 Å². The highest BCUT2D eigenvalue weighted by molar-refractivity contribution is 5.24. The van der Waals surface area contributed by atoms with Gasteiger partial charge < -0.3 is 13.3 Å². The zero-order valence-corrected chi connectivity index (χ0v) is 18.5. The Morgan fingerprint density at radius 1 is 0.621 bits per heavy atom. The zero-order chi connectivity index (χ0) is 20.6. The smallest absolute Gasteiger partial charge is 0.114 e. The third-order valence-electron chi connectivity index (χ3n) is 5.80. The zero-order valence-electron chi connectivity index (χ0n) is 18.5. The first kappa shape index (κ1) is 21.5. The van der Waals surface area contributed by atoms with E-state index < -0.39 is 0 Å². The van der Waals surface area contributed by atoms with Crippen molar-refractivity contribution < 1.29 is 13.3 Å². The molecule has 3 nitrogen and oxygen atoms in total. The summed E-state index contributed by atoms with van der Waals surface area (Å²) in [5.74, 6) is 6.37. The Kier molecular flexibility index (Phi) is 7.85. The molecule has 0 aliphatic carbocycles. The molecule has 0 saturated carbocycles.